The molecular weight excluding hydrogens is 254 g/mol. The maximum absolute atomic E-state index is 5.59. The van der Waals surface area contributed by atoms with Crippen molar-refractivity contribution in [3.05, 3.63) is 27.7 Å². The maximum atomic E-state index is 5.59. The van der Waals surface area contributed by atoms with Gasteiger partial charge in [0.15, 0.2) is 0 Å². The number of methoxy groups -OCH3 is 1. The van der Waals surface area contributed by atoms with Crippen molar-refractivity contribution in [3.63, 3.8) is 0 Å². The van der Waals surface area contributed by atoms with Crippen LogP contribution in [0, 0.1) is 6.92 Å². The van der Waals surface area contributed by atoms with E-state index in [4.69, 9.17) is 10.5 Å². The Kier molecular flexibility index (Phi) is 4.61. The Bertz CT molecular complexity index is 339. The number of benzene rings is 1. The van der Waals surface area contributed by atoms with Crippen molar-refractivity contribution in [2.45, 2.75) is 26.2 Å². The number of hydrogen-bond acceptors (Lipinski definition) is 2. The molecule has 1 unspecified atom stereocenters. The van der Waals surface area contributed by atoms with Gasteiger partial charge in [0.05, 0.1) is 11.6 Å². The van der Waals surface area contributed by atoms with Gasteiger partial charge < -0.3 is 10.5 Å². The summed E-state index contributed by atoms with van der Waals surface area (Å²) in [6, 6.07) is 4.07. The minimum Gasteiger partial charge on any atom is -0.496 e. The van der Waals surface area contributed by atoms with E-state index < -0.39 is 0 Å². The normalized spacial score (nSPS) is 12.6. The molecule has 0 heterocycles. The summed E-state index contributed by atoms with van der Waals surface area (Å²) in [6.45, 7) is 5.02. The van der Waals surface area contributed by atoms with Gasteiger partial charge in [-0.1, -0.05) is 13.0 Å². The molecule has 1 aromatic carbocycles. The number of rotatable bonds is 4. The summed E-state index contributed by atoms with van der Waals surface area (Å²) in [4.78, 5) is 0. The summed E-state index contributed by atoms with van der Waals surface area (Å²) in [5, 5.41) is 0. The lowest BCUT2D eigenvalue weighted by Crippen LogP contribution is -2.07. The molecule has 0 amide bonds. The summed E-state index contributed by atoms with van der Waals surface area (Å²) in [5.74, 6) is 1.35. The zero-order valence-corrected chi connectivity index (χ0v) is 11.1. The van der Waals surface area contributed by atoms with Crippen molar-refractivity contribution in [1.82, 2.24) is 0 Å². The third kappa shape index (κ3) is 2.73. The fraction of sp³-hybridized carbons (Fsp3) is 0.500. The second kappa shape index (κ2) is 5.52. The van der Waals surface area contributed by atoms with E-state index in [1.54, 1.807) is 7.11 Å². The van der Waals surface area contributed by atoms with Crippen LogP contribution < -0.4 is 10.5 Å². The number of ether oxygens (including phenoxy) is 1. The molecule has 0 aliphatic carbocycles. The molecule has 0 aromatic heterocycles. The predicted molar refractivity (Wildman–Crippen MR) is 67.5 cm³/mol. The van der Waals surface area contributed by atoms with Gasteiger partial charge in [-0.15, -0.1) is 0 Å². The quantitative estimate of drug-likeness (QED) is 0.913. The summed E-state index contributed by atoms with van der Waals surface area (Å²) in [6.07, 6.45) is 0.993. The van der Waals surface area contributed by atoms with E-state index in [9.17, 15) is 0 Å². The zero-order valence-electron chi connectivity index (χ0n) is 9.51. The molecule has 0 bridgehead atoms. The highest BCUT2D eigenvalue weighted by Gasteiger charge is 2.14. The van der Waals surface area contributed by atoms with E-state index in [2.05, 4.69) is 35.8 Å². The lowest BCUT2D eigenvalue weighted by molar-refractivity contribution is 0.410. The van der Waals surface area contributed by atoms with E-state index in [0.29, 0.717) is 12.5 Å². The lowest BCUT2D eigenvalue weighted by Gasteiger charge is -2.17. The summed E-state index contributed by atoms with van der Waals surface area (Å²) >= 11 is 3.60. The van der Waals surface area contributed by atoms with E-state index >= 15 is 0 Å². The standard InChI is InChI=1S/C12H18BrNO/c1-8-4-5-10(15-3)12(13)11(8)9(2)6-7-14/h4-5,9H,6-7,14H2,1-3H3. The third-order valence-electron chi connectivity index (χ3n) is 2.67. The van der Waals surface area contributed by atoms with E-state index in [-0.39, 0.29) is 0 Å². The highest BCUT2D eigenvalue weighted by atomic mass is 79.9. The van der Waals surface area contributed by atoms with Crippen LogP contribution in [0.15, 0.2) is 16.6 Å². The molecule has 1 atom stereocenters. The molecule has 0 spiro atoms. The Morgan fingerprint density at radius 1 is 1.47 bits per heavy atom. The van der Waals surface area contributed by atoms with Gasteiger partial charge in [-0.3, -0.25) is 0 Å². The van der Waals surface area contributed by atoms with Crippen molar-refractivity contribution < 1.29 is 4.74 Å². The highest BCUT2D eigenvalue weighted by Crippen LogP contribution is 2.36. The number of aryl methyl sites for hydroxylation is 1. The van der Waals surface area contributed by atoms with Crippen LogP contribution >= 0.6 is 15.9 Å². The van der Waals surface area contributed by atoms with Gasteiger partial charge >= 0.3 is 0 Å². The molecule has 1 rings (SSSR count). The first-order chi connectivity index (χ1) is 7.11. The van der Waals surface area contributed by atoms with Gasteiger partial charge in [0, 0.05) is 0 Å². The average molecular weight is 272 g/mol. The van der Waals surface area contributed by atoms with Gasteiger partial charge in [-0.05, 0) is 58.9 Å². The summed E-state index contributed by atoms with van der Waals surface area (Å²) in [5.41, 5.74) is 8.18. The molecule has 0 fully saturated rings. The highest BCUT2D eigenvalue weighted by molar-refractivity contribution is 9.10. The molecule has 15 heavy (non-hydrogen) atoms. The van der Waals surface area contributed by atoms with Gasteiger partial charge in [-0.25, -0.2) is 0 Å². The Labute approximate surface area is 99.9 Å². The minimum atomic E-state index is 0.458. The van der Waals surface area contributed by atoms with Gasteiger partial charge in [0.25, 0.3) is 0 Å². The molecule has 0 aliphatic heterocycles. The maximum Gasteiger partial charge on any atom is 0.133 e. The fourth-order valence-electron chi connectivity index (χ4n) is 1.83. The number of hydrogen-bond donors (Lipinski definition) is 1. The first-order valence-electron chi connectivity index (χ1n) is 5.14. The van der Waals surface area contributed by atoms with Crippen molar-refractivity contribution in [2.24, 2.45) is 5.73 Å². The van der Waals surface area contributed by atoms with Crippen LogP contribution in [0.4, 0.5) is 0 Å². The number of nitrogens with two attached hydrogens (primary N) is 1. The van der Waals surface area contributed by atoms with Crippen LogP contribution in [0.1, 0.15) is 30.4 Å². The predicted octanol–water partition coefficient (Wildman–Crippen LogP) is 3.22. The zero-order chi connectivity index (χ0) is 11.4. The minimum absolute atomic E-state index is 0.458. The van der Waals surface area contributed by atoms with Crippen LogP contribution in [0.5, 0.6) is 5.75 Å². The summed E-state index contributed by atoms with van der Waals surface area (Å²) < 4.78 is 6.35. The van der Waals surface area contributed by atoms with Crippen molar-refractivity contribution in [3.8, 4) is 5.75 Å². The molecule has 0 aliphatic rings. The van der Waals surface area contributed by atoms with Gasteiger partial charge in [-0.2, -0.15) is 0 Å². The van der Waals surface area contributed by atoms with Gasteiger partial charge in [0.1, 0.15) is 5.75 Å². The Hall–Kier alpha value is -0.540. The topological polar surface area (TPSA) is 35.2 Å². The van der Waals surface area contributed by atoms with E-state index in [0.717, 1.165) is 16.6 Å². The summed E-state index contributed by atoms with van der Waals surface area (Å²) in [7, 11) is 1.69. The lowest BCUT2D eigenvalue weighted by atomic mass is 9.93. The molecular formula is C12H18BrNO. The van der Waals surface area contributed by atoms with Crippen LogP contribution in [0.3, 0.4) is 0 Å². The molecule has 0 radical (unpaired) electrons. The number of halogens is 1. The molecule has 3 heteroatoms. The largest absolute Gasteiger partial charge is 0.496 e. The molecule has 2 nitrogen and oxygen atoms in total. The van der Waals surface area contributed by atoms with Crippen molar-refractivity contribution >= 4 is 15.9 Å². The third-order valence-corrected chi connectivity index (χ3v) is 3.49. The van der Waals surface area contributed by atoms with Gasteiger partial charge in [0.2, 0.25) is 0 Å². The monoisotopic (exact) mass is 271 g/mol. The molecule has 0 saturated heterocycles. The van der Waals surface area contributed by atoms with Crippen LogP contribution in [0.2, 0.25) is 0 Å². The molecule has 84 valence electrons. The first kappa shape index (κ1) is 12.5. The smallest absolute Gasteiger partial charge is 0.133 e. The molecule has 2 N–H and O–H groups in total. The first-order valence-corrected chi connectivity index (χ1v) is 5.94. The fourth-order valence-corrected chi connectivity index (χ4v) is 2.82. The van der Waals surface area contributed by atoms with E-state index in [1.165, 1.54) is 11.1 Å². The van der Waals surface area contributed by atoms with Crippen molar-refractivity contribution in [1.29, 1.82) is 0 Å². The average Bonchev–Trinajstić information content (AvgIpc) is 2.18. The van der Waals surface area contributed by atoms with Crippen LogP contribution in [-0.4, -0.2) is 13.7 Å². The van der Waals surface area contributed by atoms with Crippen molar-refractivity contribution in [2.75, 3.05) is 13.7 Å². The van der Waals surface area contributed by atoms with E-state index in [1.807, 2.05) is 6.07 Å². The Balaban J connectivity index is 3.14. The van der Waals surface area contributed by atoms with Crippen LogP contribution in [0.25, 0.3) is 0 Å². The molecule has 0 saturated carbocycles. The Morgan fingerprint density at radius 2 is 2.13 bits per heavy atom. The SMILES string of the molecule is COc1ccc(C)c(C(C)CCN)c1Br. The Morgan fingerprint density at radius 3 is 2.67 bits per heavy atom. The molecule has 1 aromatic rings. The second-order valence-electron chi connectivity index (χ2n) is 3.79. The van der Waals surface area contributed by atoms with Crippen LogP contribution in [-0.2, 0) is 0 Å². The second-order valence-corrected chi connectivity index (χ2v) is 4.58.